The topological polar surface area (TPSA) is 61.8 Å². The maximum atomic E-state index is 5.42. The molecule has 0 bridgehead atoms. The van der Waals surface area contributed by atoms with Crippen LogP contribution >= 0.6 is 23.6 Å². The maximum absolute atomic E-state index is 5.42. The van der Waals surface area contributed by atoms with Crippen molar-refractivity contribution in [3.8, 4) is 11.3 Å². The van der Waals surface area contributed by atoms with Gasteiger partial charge in [0.1, 0.15) is 0 Å². The van der Waals surface area contributed by atoms with Crippen molar-refractivity contribution in [2.75, 3.05) is 38.3 Å². The Morgan fingerprint density at radius 2 is 2.08 bits per heavy atom. The SMILES string of the molecule is CNC(=S)N/N=C\c1sc(N2CCOCC2)nc1-c1ccccc1. The molecule has 2 aromatic rings. The first-order valence-electron chi connectivity index (χ1n) is 7.67. The van der Waals surface area contributed by atoms with E-state index < -0.39 is 0 Å². The zero-order valence-corrected chi connectivity index (χ0v) is 15.0. The number of aromatic nitrogens is 1. The fourth-order valence-electron chi connectivity index (χ4n) is 2.31. The molecule has 0 unspecified atom stereocenters. The number of anilines is 1. The fraction of sp³-hybridized carbons (Fsp3) is 0.312. The van der Waals surface area contributed by atoms with Crippen LogP contribution in [0.2, 0.25) is 0 Å². The Hall–Kier alpha value is -2.03. The Bertz CT molecular complexity index is 711. The normalized spacial score (nSPS) is 14.8. The highest BCUT2D eigenvalue weighted by Gasteiger charge is 2.18. The van der Waals surface area contributed by atoms with Crippen molar-refractivity contribution in [1.82, 2.24) is 15.7 Å². The molecule has 0 saturated carbocycles. The zero-order chi connectivity index (χ0) is 16.8. The minimum atomic E-state index is 0.477. The lowest BCUT2D eigenvalue weighted by Gasteiger charge is -2.26. The van der Waals surface area contributed by atoms with E-state index in [1.807, 2.05) is 18.2 Å². The number of nitrogens with one attached hydrogen (secondary N) is 2. The Morgan fingerprint density at radius 1 is 1.33 bits per heavy atom. The van der Waals surface area contributed by atoms with Gasteiger partial charge in [-0.1, -0.05) is 41.7 Å². The van der Waals surface area contributed by atoms with Gasteiger partial charge in [-0.3, -0.25) is 5.43 Å². The average Bonchev–Trinajstić information content (AvgIpc) is 3.07. The molecule has 2 heterocycles. The van der Waals surface area contributed by atoms with Crippen molar-refractivity contribution in [2.45, 2.75) is 0 Å². The number of morpholine rings is 1. The number of hydrazone groups is 1. The molecule has 0 atom stereocenters. The van der Waals surface area contributed by atoms with Gasteiger partial charge in [0.05, 0.1) is 30.0 Å². The van der Waals surface area contributed by atoms with Crippen molar-refractivity contribution in [2.24, 2.45) is 5.10 Å². The Morgan fingerprint density at radius 3 is 2.79 bits per heavy atom. The van der Waals surface area contributed by atoms with E-state index in [9.17, 15) is 0 Å². The monoisotopic (exact) mass is 361 g/mol. The third kappa shape index (κ3) is 4.08. The quantitative estimate of drug-likeness (QED) is 0.494. The molecule has 0 radical (unpaired) electrons. The highest BCUT2D eigenvalue weighted by Crippen LogP contribution is 2.32. The largest absolute Gasteiger partial charge is 0.378 e. The van der Waals surface area contributed by atoms with Crippen LogP contribution in [0.3, 0.4) is 0 Å². The number of nitrogens with zero attached hydrogens (tertiary/aromatic N) is 3. The van der Waals surface area contributed by atoms with Crippen LogP contribution in [0, 0.1) is 0 Å². The first-order valence-corrected chi connectivity index (χ1v) is 8.90. The summed E-state index contributed by atoms with van der Waals surface area (Å²) in [4.78, 5) is 8.09. The first-order chi connectivity index (χ1) is 11.8. The highest BCUT2D eigenvalue weighted by atomic mass is 32.1. The molecular weight excluding hydrogens is 342 g/mol. The fourth-order valence-corrected chi connectivity index (χ4v) is 3.37. The van der Waals surface area contributed by atoms with Gasteiger partial charge >= 0.3 is 0 Å². The summed E-state index contributed by atoms with van der Waals surface area (Å²) in [6.45, 7) is 3.20. The van der Waals surface area contributed by atoms with E-state index in [0.29, 0.717) is 5.11 Å². The molecular formula is C16H19N5OS2. The molecule has 8 heteroatoms. The van der Waals surface area contributed by atoms with Crippen LogP contribution in [-0.2, 0) is 4.74 Å². The van der Waals surface area contributed by atoms with Gasteiger partial charge in [0.25, 0.3) is 0 Å². The molecule has 24 heavy (non-hydrogen) atoms. The van der Waals surface area contributed by atoms with Gasteiger partial charge in [-0.15, -0.1) is 0 Å². The van der Waals surface area contributed by atoms with E-state index in [2.05, 4.69) is 32.9 Å². The number of ether oxygens (including phenoxy) is 1. The van der Waals surface area contributed by atoms with Crippen LogP contribution in [0.5, 0.6) is 0 Å². The molecule has 3 rings (SSSR count). The second-order valence-corrected chi connectivity index (χ2v) is 6.54. The van der Waals surface area contributed by atoms with Crippen LogP contribution in [-0.4, -0.2) is 49.7 Å². The number of hydrogen-bond acceptors (Lipinski definition) is 6. The number of thiocarbonyl (C=S) groups is 1. The summed E-state index contributed by atoms with van der Waals surface area (Å²) < 4.78 is 5.42. The minimum absolute atomic E-state index is 0.477. The number of rotatable bonds is 4. The van der Waals surface area contributed by atoms with Crippen LogP contribution in [0.4, 0.5) is 5.13 Å². The van der Waals surface area contributed by atoms with E-state index >= 15 is 0 Å². The Kier molecular flexibility index (Phi) is 5.73. The molecule has 1 saturated heterocycles. The first kappa shape index (κ1) is 16.8. The molecule has 1 aliphatic heterocycles. The molecule has 126 valence electrons. The van der Waals surface area contributed by atoms with Crippen molar-refractivity contribution >= 4 is 40.0 Å². The summed E-state index contributed by atoms with van der Waals surface area (Å²) in [5, 5.41) is 8.50. The van der Waals surface area contributed by atoms with Crippen LogP contribution < -0.4 is 15.6 Å². The van der Waals surface area contributed by atoms with E-state index in [1.165, 1.54) is 0 Å². The minimum Gasteiger partial charge on any atom is -0.378 e. The number of thiazole rings is 1. The molecule has 1 aromatic carbocycles. The van der Waals surface area contributed by atoms with Crippen molar-refractivity contribution < 1.29 is 4.74 Å². The van der Waals surface area contributed by atoms with Gasteiger partial charge < -0.3 is 15.0 Å². The Balaban J connectivity index is 1.89. The standard InChI is InChI=1S/C16H19N5OS2/c1-17-15(23)20-18-11-13-14(12-5-3-2-4-6-12)19-16(24-13)21-7-9-22-10-8-21/h2-6,11H,7-10H2,1H3,(H2,17,20,23)/b18-11-. The summed E-state index contributed by atoms with van der Waals surface area (Å²) in [6.07, 6.45) is 1.77. The zero-order valence-electron chi connectivity index (χ0n) is 13.4. The van der Waals surface area contributed by atoms with Crippen LogP contribution in [0.15, 0.2) is 35.4 Å². The van der Waals surface area contributed by atoms with Gasteiger partial charge in [0.15, 0.2) is 10.2 Å². The molecule has 2 N–H and O–H groups in total. The summed E-state index contributed by atoms with van der Waals surface area (Å²) in [7, 11) is 1.75. The van der Waals surface area contributed by atoms with E-state index in [4.69, 9.17) is 21.9 Å². The average molecular weight is 361 g/mol. The lowest BCUT2D eigenvalue weighted by atomic mass is 10.1. The molecule has 0 amide bonds. The molecule has 0 aliphatic carbocycles. The van der Waals surface area contributed by atoms with Gasteiger partial charge in [-0.25, -0.2) is 4.98 Å². The second kappa shape index (κ2) is 8.18. The molecule has 1 aliphatic rings. The van der Waals surface area contributed by atoms with Crippen molar-refractivity contribution in [3.05, 3.63) is 35.2 Å². The van der Waals surface area contributed by atoms with E-state index in [1.54, 1.807) is 24.6 Å². The van der Waals surface area contributed by atoms with Crippen LogP contribution in [0.1, 0.15) is 4.88 Å². The Labute approximate surface area is 150 Å². The van der Waals surface area contributed by atoms with Gasteiger partial charge in [-0.2, -0.15) is 5.10 Å². The summed E-state index contributed by atoms with van der Waals surface area (Å²) in [6, 6.07) is 10.1. The lowest BCUT2D eigenvalue weighted by Crippen LogP contribution is -2.36. The van der Waals surface area contributed by atoms with E-state index in [-0.39, 0.29) is 0 Å². The molecule has 0 spiro atoms. The van der Waals surface area contributed by atoms with Crippen molar-refractivity contribution in [1.29, 1.82) is 0 Å². The predicted octanol–water partition coefficient (Wildman–Crippen LogP) is 2.07. The second-order valence-electron chi connectivity index (χ2n) is 5.12. The summed E-state index contributed by atoms with van der Waals surface area (Å²) >= 11 is 6.66. The summed E-state index contributed by atoms with van der Waals surface area (Å²) in [5.41, 5.74) is 4.79. The molecule has 1 fully saturated rings. The van der Waals surface area contributed by atoms with Gasteiger partial charge in [0.2, 0.25) is 0 Å². The van der Waals surface area contributed by atoms with Crippen LogP contribution in [0.25, 0.3) is 11.3 Å². The van der Waals surface area contributed by atoms with Crippen molar-refractivity contribution in [3.63, 3.8) is 0 Å². The third-order valence-corrected chi connectivity index (χ3v) is 4.89. The number of benzene rings is 1. The highest BCUT2D eigenvalue weighted by molar-refractivity contribution is 7.80. The van der Waals surface area contributed by atoms with Gasteiger partial charge in [0, 0.05) is 25.7 Å². The predicted molar refractivity (Wildman–Crippen MR) is 103 cm³/mol. The molecule has 1 aromatic heterocycles. The number of hydrogen-bond donors (Lipinski definition) is 2. The van der Waals surface area contributed by atoms with Gasteiger partial charge in [-0.05, 0) is 12.2 Å². The van der Waals surface area contributed by atoms with E-state index in [0.717, 1.165) is 47.6 Å². The third-order valence-electron chi connectivity index (χ3n) is 3.55. The lowest BCUT2D eigenvalue weighted by molar-refractivity contribution is 0.122. The summed E-state index contributed by atoms with van der Waals surface area (Å²) in [5.74, 6) is 0. The molecule has 6 nitrogen and oxygen atoms in total. The maximum Gasteiger partial charge on any atom is 0.186 e. The smallest absolute Gasteiger partial charge is 0.186 e.